The van der Waals surface area contributed by atoms with E-state index in [0.717, 1.165) is 64.1 Å². The molecule has 43 heavy (non-hydrogen) atoms. The molecule has 1 aliphatic rings. The smallest absolute Gasteiger partial charge is 0.135 e. The highest BCUT2D eigenvalue weighted by atomic mass is 19.1. The van der Waals surface area contributed by atoms with Gasteiger partial charge in [-0.15, -0.1) is 0 Å². The molecule has 5 aromatic heterocycles. The Bertz CT molecular complexity index is 1920. The first-order valence-corrected chi connectivity index (χ1v) is 14.6. The zero-order valence-electron chi connectivity index (χ0n) is 24.3. The highest BCUT2D eigenvalue weighted by Gasteiger charge is 2.18. The first-order chi connectivity index (χ1) is 20.9. The summed E-state index contributed by atoms with van der Waals surface area (Å²) < 4.78 is 14.8. The number of hydrogen-bond donors (Lipinski definition) is 3. The van der Waals surface area contributed by atoms with Crippen molar-refractivity contribution in [1.82, 2.24) is 39.9 Å². The van der Waals surface area contributed by atoms with E-state index in [-0.39, 0.29) is 11.9 Å². The van der Waals surface area contributed by atoms with Crippen molar-refractivity contribution < 1.29 is 4.39 Å². The molecule has 218 valence electrons. The number of halogens is 1. The number of H-pyrrole nitrogens is 2. The topological polar surface area (TPSA) is 116 Å². The maximum Gasteiger partial charge on any atom is 0.135 e. The Kier molecular flexibility index (Phi) is 7.18. The Labute approximate surface area is 249 Å². The molecule has 1 aliphatic heterocycles. The van der Waals surface area contributed by atoms with Gasteiger partial charge in [-0.2, -0.15) is 5.10 Å². The molecule has 0 amide bonds. The van der Waals surface area contributed by atoms with E-state index in [1.165, 1.54) is 30.5 Å². The number of likely N-dealkylation sites (tertiary alicyclic amines) is 1. The van der Waals surface area contributed by atoms with E-state index < -0.39 is 0 Å². The summed E-state index contributed by atoms with van der Waals surface area (Å²) >= 11 is 0. The predicted molar refractivity (Wildman–Crippen MR) is 168 cm³/mol. The molecule has 0 radical (unpaired) electrons. The average molecular weight is 576 g/mol. The van der Waals surface area contributed by atoms with Gasteiger partial charge in [0.05, 0.1) is 22.6 Å². The number of aromatic nitrogens is 6. The number of fused-ring (bicyclic) bond motifs is 2. The largest absolute Gasteiger partial charge is 0.353 e. The quantitative estimate of drug-likeness (QED) is 0.219. The van der Waals surface area contributed by atoms with Crippen molar-refractivity contribution in [3.8, 4) is 33.9 Å². The molecule has 6 heterocycles. The fraction of sp³-hybridized carbons (Fsp3) is 0.273. The van der Waals surface area contributed by atoms with Crippen LogP contribution in [-0.4, -0.2) is 73.7 Å². The Morgan fingerprint density at radius 2 is 1.84 bits per heavy atom. The van der Waals surface area contributed by atoms with Crippen molar-refractivity contribution in [1.29, 1.82) is 0 Å². The van der Waals surface area contributed by atoms with Gasteiger partial charge in [-0.3, -0.25) is 20.0 Å². The molecule has 1 fully saturated rings. The number of nitrogens with zero attached hydrogens (tertiary/aromatic N) is 6. The zero-order chi connectivity index (χ0) is 29.5. The fourth-order valence-electron chi connectivity index (χ4n) is 6.03. The van der Waals surface area contributed by atoms with Gasteiger partial charge < -0.3 is 15.6 Å². The molecule has 1 atom stereocenters. The molecular formula is C33H34FN9. The molecule has 9 nitrogen and oxygen atoms in total. The number of rotatable bonds is 8. The number of likely N-dealkylation sites (N-methyl/N-ethyl adjacent to an activating group) is 1. The number of benzene rings is 1. The van der Waals surface area contributed by atoms with E-state index >= 15 is 0 Å². The van der Waals surface area contributed by atoms with Gasteiger partial charge in [-0.1, -0.05) is 0 Å². The summed E-state index contributed by atoms with van der Waals surface area (Å²) in [6.07, 6.45) is 8.04. The number of aromatic amines is 2. The van der Waals surface area contributed by atoms with Crippen LogP contribution >= 0.6 is 0 Å². The summed E-state index contributed by atoms with van der Waals surface area (Å²) in [5.41, 5.74) is 15.4. The van der Waals surface area contributed by atoms with Gasteiger partial charge in [0.2, 0.25) is 0 Å². The Hall–Kier alpha value is -4.51. The van der Waals surface area contributed by atoms with E-state index in [2.05, 4.69) is 36.1 Å². The van der Waals surface area contributed by atoms with Crippen LogP contribution in [0.4, 0.5) is 4.39 Å². The molecule has 1 saturated heterocycles. The van der Waals surface area contributed by atoms with Crippen LogP contribution in [0.25, 0.3) is 55.8 Å². The van der Waals surface area contributed by atoms with Crippen LogP contribution in [0.2, 0.25) is 0 Å². The van der Waals surface area contributed by atoms with E-state index in [1.54, 1.807) is 6.20 Å². The maximum atomic E-state index is 14.8. The SMILES string of the molecule is CN(C)CC(N)c1cc(F)cc(-c2nccc3[nH]c(-c4n[nH]c5ccc(-c6cncc(CN7CCCC7)c6)nc45)cc23)c1. The van der Waals surface area contributed by atoms with Gasteiger partial charge in [0.25, 0.3) is 0 Å². The molecule has 1 aromatic carbocycles. The molecule has 0 spiro atoms. The molecule has 0 saturated carbocycles. The van der Waals surface area contributed by atoms with Crippen molar-refractivity contribution in [3.63, 3.8) is 0 Å². The van der Waals surface area contributed by atoms with E-state index in [1.807, 2.05) is 61.7 Å². The highest BCUT2D eigenvalue weighted by molar-refractivity contribution is 5.99. The minimum Gasteiger partial charge on any atom is -0.353 e. The standard InChI is InChI=1S/C33H34FN9/c1-42(2)19-26(35)21-12-22(14-24(34)13-21)31-25-15-30(38-28(25)7-8-37-31)33-32-29(40-41-33)6-5-27(39-32)23-11-20(16-36-17-23)18-43-9-3-4-10-43/h5-8,11-17,26,38H,3-4,9-10,18-19,35H2,1-2H3,(H,40,41). The van der Waals surface area contributed by atoms with Gasteiger partial charge in [0.15, 0.2) is 0 Å². The molecule has 1 unspecified atom stereocenters. The molecule has 10 heteroatoms. The van der Waals surface area contributed by atoms with Gasteiger partial charge in [0, 0.05) is 59.8 Å². The summed E-state index contributed by atoms with van der Waals surface area (Å²) in [6, 6.07) is 14.7. The number of nitrogens with two attached hydrogens (primary N) is 1. The van der Waals surface area contributed by atoms with Crippen LogP contribution in [-0.2, 0) is 6.54 Å². The Morgan fingerprint density at radius 1 is 0.977 bits per heavy atom. The Balaban J connectivity index is 1.25. The van der Waals surface area contributed by atoms with E-state index in [4.69, 9.17) is 10.7 Å². The lowest BCUT2D eigenvalue weighted by molar-refractivity contribution is 0.331. The summed E-state index contributed by atoms with van der Waals surface area (Å²) in [4.78, 5) is 22.1. The second kappa shape index (κ2) is 11.3. The summed E-state index contributed by atoms with van der Waals surface area (Å²) in [7, 11) is 3.90. The van der Waals surface area contributed by atoms with Gasteiger partial charge in [-0.25, -0.2) is 9.37 Å². The molecule has 7 rings (SSSR count). The molecule has 0 aliphatic carbocycles. The summed E-state index contributed by atoms with van der Waals surface area (Å²) in [5.74, 6) is -0.342. The lowest BCUT2D eigenvalue weighted by Gasteiger charge is -2.18. The van der Waals surface area contributed by atoms with Crippen LogP contribution in [0.3, 0.4) is 0 Å². The third kappa shape index (κ3) is 5.52. The van der Waals surface area contributed by atoms with Gasteiger partial charge in [0.1, 0.15) is 17.0 Å². The summed E-state index contributed by atoms with van der Waals surface area (Å²) in [5, 5.41) is 8.60. The third-order valence-electron chi connectivity index (χ3n) is 8.09. The van der Waals surface area contributed by atoms with Crippen LogP contribution in [0.5, 0.6) is 0 Å². The molecule has 4 N–H and O–H groups in total. The lowest BCUT2D eigenvalue weighted by atomic mass is 10.0. The van der Waals surface area contributed by atoms with Crippen LogP contribution < -0.4 is 5.73 Å². The predicted octanol–water partition coefficient (Wildman–Crippen LogP) is 5.53. The summed E-state index contributed by atoms with van der Waals surface area (Å²) in [6.45, 7) is 3.78. The van der Waals surface area contributed by atoms with Crippen molar-refractivity contribution in [2.45, 2.75) is 25.4 Å². The van der Waals surface area contributed by atoms with Crippen molar-refractivity contribution in [2.75, 3.05) is 33.7 Å². The maximum absolute atomic E-state index is 14.8. The lowest BCUT2D eigenvalue weighted by Crippen LogP contribution is -2.26. The highest BCUT2D eigenvalue weighted by Crippen LogP contribution is 2.34. The minimum atomic E-state index is -0.342. The number of pyridine rings is 3. The molecule has 0 bridgehead atoms. The van der Waals surface area contributed by atoms with Gasteiger partial charge in [-0.05, 0) is 99.7 Å². The van der Waals surface area contributed by atoms with Gasteiger partial charge >= 0.3 is 0 Å². The molecule has 6 aromatic rings. The van der Waals surface area contributed by atoms with Crippen molar-refractivity contribution in [2.24, 2.45) is 5.73 Å². The third-order valence-corrected chi connectivity index (χ3v) is 8.09. The molecular weight excluding hydrogens is 541 g/mol. The first-order valence-electron chi connectivity index (χ1n) is 14.6. The fourth-order valence-corrected chi connectivity index (χ4v) is 6.03. The normalized spacial score (nSPS) is 14.8. The van der Waals surface area contributed by atoms with Crippen LogP contribution in [0.15, 0.2) is 67.1 Å². The van der Waals surface area contributed by atoms with Crippen LogP contribution in [0, 0.1) is 5.82 Å². The Morgan fingerprint density at radius 3 is 2.67 bits per heavy atom. The minimum absolute atomic E-state index is 0.322. The number of hydrogen-bond acceptors (Lipinski definition) is 7. The monoisotopic (exact) mass is 575 g/mol. The second-order valence-electron chi connectivity index (χ2n) is 11.7. The zero-order valence-corrected chi connectivity index (χ0v) is 24.3. The number of nitrogens with one attached hydrogen (secondary N) is 2. The van der Waals surface area contributed by atoms with Crippen LogP contribution in [0.1, 0.15) is 30.0 Å². The van der Waals surface area contributed by atoms with E-state index in [9.17, 15) is 4.39 Å². The van der Waals surface area contributed by atoms with Crippen molar-refractivity contribution in [3.05, 3.63) is 84.1 Å². The van der Waals surface area contributed by atoms with E-state index in [0.29, 0.717) is 23.5 Å². The first kappa shape index (κ1) is 27.3. The second-order valence-corrected chi connectivity index (χ2v) is 11.7. The van der Waals surface area contributed by atoms with Crippen molar-refractivity contribution >= 4 is 21.9 Å². The average Bonchev–Trinajstić information content (AvgIpc) is 3.76.